The topological polar surface area (TPSA) is 52.6 Å². The van der Waals surface area contributed by atoms with Gasteiger partial charge in [0.15, 0.2) is 11.6 Å². The molecule has 1 aromatic rings. The van der Waals surface area contributed by atoms with E-state index in [-0.39, 0.29) is 24.1 Å². The number of benzene rings is 1. The van der Waals surface area contributed by atoms with E-state index in [4.69, 9.17) is 9.47 Å². The van der Waals surface area contributed by atoms with Crippen molar-refractivity contribution < 1.29 is 19.1 Å². The second-order valence-electron chi connectivity index (χ2n) is 6.40. The zero-order valence-electron chi connectivity index (χ0n) is 15.1. The first-order valence-electron chi connectivity index (χ1n) is 8.48. The van der Waals surface area contributed by atoms with Crippen molar-refractivity contribution in [2.24, 2.45) is 11.8 Å². The van der Waals surface area contributed by atoms with E-state index >= 15 is 0 Å². The van der Waals surface area contributed by atoms with Crippen LogP contribution in [0.3, 0.4) is 0 Å². The maximum atomic E-state index is 11.6. The molecule has 0 aliphatic rings. The van der Waals surface area contributed by atoms with E-state index < -0.39 is 0 Å². The van der Waals surface area contributed by atoms with E-state index in [2.05, 4.69) is 0 Å². The van der Waals surface area contributed by atoms with E-state index in [0.717, 1.165) is 5.75 Å². The Balaban J connectivity index is 2.27. The van der Waals surface area contributed by atoms with Gasteiger partial charge in [-0.15, -0.1) is 0 Å². The quantitative estimate of drug-likeness (QED) is 0.449. The van der Waals surface area contributed by atoms with Crippen LogP contribution in [0.4, 0.5) is 0 Å². The summed E-state index contributed by atoms with van der Waals surface area (Å²) in [4.78, 5) is 23.1. The summed E-state index contributed by atoms with van der Waals surface area (Å²) in [6, 6.07) is 7.16. The van der Waals surface area contributed by atoms with Gasteiger partial charge in [0.2, 0.25) is 0 Å². The molecule has 0 aliphatic heterocycles. The van der Waals surface area contributed by atoms with E-state index in [0.29, 0.717) is 31.1 Å². The molecular formula is C20H28O4. The Morgan fingerprint density at radius 2 is 1.58 bits per heavy atom. The highest BCUT2D eigenvalue weighted by Crippen LogP contribution is 2.18. The second kappa shape index (κ2) is 10.6. The number of allylic oxidation sites excluding steroid dienone is 2. The number of hydrogen-bond donors (Lipinski definition) is 0. The highest BCUT2D eigenvalue weighted by atomic mass is 16.5. The predicted molar refractivity (Wildman–Crippen MR) is 95.5 cm³/mol. The van der Waals surface area contributed by atoms with Crippen LogP contribution in [-0.4, -0.2) is 24.8 Å². The van der Waals surface area contributed by atoms with Crippen molar-refractivity contribution in [2.45, 2.75) is 40.5 Å². The smallest absolute Gasteiger partial charge is 0.172 e. The Hall–Kier alpha value is -2.10. The third-order valence-corrected chi connectivity index (χ3v) is 3.35. The summed E-state index contributed by atoms with van der Waals surface area (Å²) in [7, 11) is 0. The van der Waals surface area contributed by atoms with Crippen molar-refractivity contribution in [3.63, 3.8) is 0 Å². The molecule has 0 amide bonds. The van der Waals surface area contributed by atoms with E-state index in [1.165, 1.54) is 0 Å². The molecule has 0 unspecified atom stereocenters. The van der Waals surface area contributed by atoms with Crippen molar-refractivity contribution in [1.82, 2.24) is 0 Å². The van der Waals surface area contributed by atoms with Gasteiger partial charge < -0.3 is 9.47 Å². The molecule has 4 nitrogen and oxygen atoms in total. The van der Waals surface area contributed by atoms with Crippen LogP contribution >= 0.6 is 0 Å². The maximum absolute atomic E-state index is 11.6. The van der Waals surface area contributed by atoms with Crippen LogP contribution in [0.15, 0.2) is 36.4 Å². The molecule has 0 bridgehead atoms. The molecule has 0 saturated carbocycles. The molecule has 0 saturated heterocycles. The second-order valence-corrected chi connectivity index (χ2v) is 6.40. The number of carbonyl (C=O) groups is 2. The van der Waals surface area contributed by atoms with Crippen molar-refractivity contribution in [1.29, 1.82) is 0 Å². The maximum Gasteiger partial charge on any atom is 0.172 e. The molecule has 0 aliphatic carbocycles. The summed E-state index contributed by atoms with van der Waals surface area (Å²) in [6.07, 6.45) is 4.73. The van der Waals surface area contributed by atoms with Gasteiger partial charge in [-0.1, -0.05) is 33.8 Å². The molecule has 132 valence electrons. The van der Waals surface area contributed by atoms with Gasteiger partial charge in [0.1, 0.15) is 18.1 Å². The minimum Gasteiger partial charge on any atom is -0.494 e. The first kappa shape index (κ1) is 19.9. The average Bonchev–Trinajstić information content (AvgIpc) is 2.55. The van der Waals surface area contributed by atoms with Gasteiger partial charge in [0.05, 0.1) is 6.61 Å². The lowest BCUT2D eigenvalue weighted by Gasteiger charge is -2.09. The summed E-state index contributed by atoms with van der Waals surface area (Å²) in [5.41, 5.74) is 0. The highest BCUT2D eigenvalue weighted by Gasteiger charge is 2.07. The van der Waals surface area contributed by atoms with Gasteiger partial charge in [0, 0.05) is 12.3 Å². The molecule has 0 fully saturated rings. The minimum absolute atomic E-state index is 0.0225. The Labute approximate surface area is 144 Å². The monoisotopic (exact) mass is 332 g/mol. The zero-order chi connectivity index (χ0) is 17.9. The predicted octanol–water partition coefficient (Wildman–Crippen LogP) is 4.23. The standard InChI is InChI=1S/C20H28O4/c1-15(2)7-8-17(21)6-5-13-23-18-9-11-19(12-10-18)24-14-20(22)16(3)4/h7-12,15-16H,5-6,13-14H2,1-4H3/b8-7+. The third kappa shape index (κ3) is 8.51. The van der Waals surface area contributed by atoms with E-state index in [9.17, 15) is 9.59 Å². The molecular weight excluding hydrogens is 304 g/mol. The lowest BCUT2D eigenvalue weighted by Crippen LogP contribution is -2.16. The van der Waals surface area contributed by atoms with Gasteiger partial charge in [-0.25, -0.2) is 0 Å². The van der Waals surface area contributed by atoms with Crippen LogP contribution in [0, 0.1) is 11.8 Å². The molecule has 0 spiro atoms. The number of rotatable bonds is 11. The van der Waals surface area contributed by atoms with Gasteiger partial charge in [-0.2, -0.15) is 0 Å². The molecule has 1 rings (SSSR count). The Morgan fingerprint density at radius 1 is 1.00 bits per heavy atom. The molecule has 1 aromatic carbocycles. The van der Waals surface area contributed by atoms with Crippen molar-refractivity contribution in [3.8, 4) is 11.5 Å². The fourth-order valence-corrected chi connectivity index (χ4v) is 1.77. The van der Waals surface area contributed by atoms with Crippen molar-refractivity contribution >= 4 is 11.6 Å². The molecule has 0 N–H and O–H groups in total. The van der Waals surface area contributed by atoms with Gasteiger partial charge >= 0.3 is 0 Å². The number of Topliss-reactive ketones (excluding diaryl/α,β-unsaturated/α-hetero) is 1. The SMILES string of the molecule is CC(C)/C=C/C(=O)CCCOc1ccc(OCC(=O)C(C)C)cc1. The van der Waals surface area contributed by atoms with Crippen molar-refractivity contribution in [2.75, 3.05) is 13.2 Å². The molecule has 0 atom stereocenters. The van der Waals surface area contributed by atoms with Crippen LogP contribution in [0.1, 0.15) is 40.5 Å². The molecule has 0 heterocycles. The number of carbonyl (C=O) groups excluding carboxylic acids is 2. The number of ketones is 2. The van der Waals surface area contributed by atoms with Gasteiger partial charge in [0.25, 0.3) is 0 Å². The highest BCUT2D eigenvalue weighted by molar-refractivity contribution is 5.89. The van der Waals surface area contributed by atoms with Crippen LogP contribution in [0.25, 0.3) is 0 Å². The first-order chi connectivity index (χ1) is 11.4. The minimum atomic E-state index is -0.0225. The Bertz CT molecular complexity index is 541. The third-order valence-electron chi connectivity index (χ3n) is 3.35. The van der Waals surface area contributed by atoms with Crippen LogP contribution in [0.5, 0.6) is 11.5 Å². The summed E-state index contributed by atoms with van der Waals surface area (Å²) in [5.74, 6) is 1.94. The van der Waals surface area contributed by atoms with Crippen LogP contribution in [-0.2, 0) is 9.59 Å². The molecule has 4 heteroatoms. The number of ether oxygens (including phenoxy) is 2. The zero-order valence-corrected chi connectivity index (χ0v) is 15.1. The Kier molecular flexibility index (Phi) is 8.84. The largest absolute Gasteiger partial charge is 0.494 e. The summed E-state index contributed by atoms with van der Waals surface area (Å²) >= 11 is 0. The molecule has 24 heavy (non-hydrogen) atoms. The molecule has 0 aromatic heterocycles. The first-order valence-corrected chi connectivity index (χ1v) is 8.48. The van der Waals surface area contributed by atoms with E-state index in [1.807, 2.05) is 33.8 Å². The van der Waals surface area contributed by atoms with Gasteiger partial charge in [-0.05, 0) is 42.7 Å². The Morgan fingerprint density at radius 3 is 2.12 bits per heavy atom. The lowest BCUT2D eigenvalue weighted by molar-refractivity contribution is -0.123. The fourth-order valence-electron chi connectivity index (χ4n) is 1.77. The van der Waals surface area contributed by atoms with Crippen molar-refractivity contribution in [3.05, 3.63) is 36.4 Å². The normalized spacial score (nSPS) is 11.2. The summed E-state index contributed by atoms with van der Waals surface area (Å²) < 4.78 is 11.0. The van der Waals surface area contributed by atoms with E-state index in [1.54, 1.807) is 30.3 Å². The lowest BCUT2D eigenvalue weighted by atomic mass is 10.1. The average molecular weight is 332 g/mol. The molecule has 0 radical (unpaired) electrons. The number of hydrogen-bond acceptors (Lipinski definition) is 4. The summed E-state index contributed by atoms with van der Waals surface area (Å²) in [5, 5.41) is 0. The van der Waals surface area contributed by atoms with Crippen LogP contribution in [0.2, 0.25) is 0 Å². The van der Waals surface area contributed by atoms with Gasteiger partial charge in [-0.3, -0.25) is 9.59 Å². The summed E-state index contributed by atoms with van der Waals surface area (Å²) in [6.45, 7) is 8.37. The fraction of sp³-hybridized carbons (Fsp3) is 0.500. The van der Waals surface area contributed by atoms with Crippen LogP contribution < -0.4 is 9.47 Å².